The van der Waals surface area contributed by atoms with E-state index in [-0.39, 0.29) is 18.9 Å². The van der Waals surface area contributed by atoms with Crippen LogP contribution in [0, 0.1) is 0 Å². The van der Waals surface area contributed by atoms with Crippen molar-refractivity contribution in [2.75, 3.05) is 26.4 Å². The lowest BCUT2D eigenvalue weighted by Gasteiger charge is -2.48. The third-order valence-electron chi connectivity index (χ3n) is 19.8. The molecule has 3 rings (SSSR count). The van der Waals surface area contributed by atoms with E-state index < -0.39 is 124 Å². The van der Waals surface area contributed by atoms with Crippen molar-refractivity contribution in [1.29, 1.82) is 0 Å². The molecule has 17 unspecified atom stereocenters. The monoisotopic (exact) mass is 1360 g/mol. The fourth-order valence-corrected chi connectivity index (χ4v) is 13.4. The van der Waals surface area contributed by atoms with Gasteiger partial charge in [0.25, 0.3) is 0 Å². The SMILES string of the molecule is CCCCC/C=C/CC/C=C/C(O)C(COC1OC(CO)C(OC2OC(CO)C(OC3OC(CO)C(O)C(O)C3O)C(O)C2O)C(O)C1O)NC(=O)CCCCCCCCCCCCCCCCCCCCCCCCCCCCCCCCCCCCCCCCCCC. The van der Waals surface area contributed by atoms with E-state index in [9.17, 15) is 61.0 Å². The number of hydrogen-bond donors (Lipinski definition) is 12. The molecule has 3 aliphatic rings. The highest BCUT2D eigenvalue weighted by atomic mass is 16.8. The molecular weight excluding hydrogens is 1210 g/mol. The zero-order valence-corrected chi connectivity index (χ0v) is 59.7. The first-order valence-corrected chi connectivity index (χ1v) is 39.1. The molecule has 19 nitrogen and oxygen atoms in total. The lowest BCUT2D eigenvalue weighted by Crippen LogP contribution is -2.66. The molecule has 0 saturated carbocycles. The van der Waals surface area contributed by atoms with Gasteiger partial charge in [0.05, 0.1) is 38.6 Å². The van der Waals surface area contributed by atoms with Crippen molar-refractivity contribution in [3.8, 4) is 0 Å². The first-order chi connectivity index (χ1) is 46.3. The molecule has 3 aliphatic heterocycles. The zero-order valence-electron chi connectivity index (χ0n) is 59.7. The standard InChI is InChI=1S/C76H143NO18/c1-3-5-7-9-11-13-14-15-16-17-18-19-20-21-22-23-24-25-26-27-28-29-30-31-32-33-34-35-36-37-38-39-40-41-42-43-44-46-48-50-52-54-64(82)77-59(60(81)53-51-49-47-45-12-10-8-6-4-2)58-90-74-70(88)67(85)72(62(56-79)92-74)95-76-71(89)68(86)73(63(57-80)93-76)94-75-69(87)66(84)65(83)61(55-78)91-75/h12,45,51,53,59-63,65-76,78-81,83-89H,3-11,13-44,46-50,52,54-58H2,1-2H3,(H,77,82)/b45-12+,53-51+. The minimum absolute atomic E-state index is 0.240. The zero-order chi connectivity index (χ0) is 68.9. The second-order valence-corrected chi connectivity index (χ2v) is 28.2. The number of rotatable bonds is 62. The molecule has 3 heterocycles. The molecule has 19 heteroatoms. The second-order valence-electron chi connectivity index (χ2n) is 28.2. The molecule has 12 N–H and O–H groups in total. The van der Waals surface area contributed by atoms with Gasteiger partial charge in [0, 0.05) is 6.42 Å². The maximum atomic E-state index is 13.4. The van der Waals surface area contributed by atoms with Crippen LogP contribution in [-0.2, 0) is 33.2 Å². The lowest BCUT2D eigenvalue weighted by atomic mass is 9.96. The van der Waals surface area contributed by atoms with E-state index in [1.165, 1.54) is 244 Å². The van der Waals surface area contributed by atoms with Crippen LogP contribution in [0.1, 0.15) is 322 Å². The Labute approximate surface area is 575 Å². The topological polar surface area (TPSA) is 307 Å². The summed E-state index contributed by atoms with van der Waals surface area (Å²) in [4.78, 5) is 13.4. The number of amides is 1. The van der Waals surface area contributed by atoms with Crippen LogP contribution < -0.4 is 5.32 Å². The average Bonchev–Trinajstić information content (AvgIpc) is 0.795. The van der Waals surface area contributed by atoms with E-state index >= 15 is 0 Å². The van der Waals surface area contributed by atoms with Gasteiger partial charge in [-0.2, -0.15) is 0 Å². The van der Waals surface area contributed by atoms with Crippen LogP contribution >= 0.6 is 0 Å². The van der Waals surface area contributed by atoms with Gasteiger partial charge in [0.15, 0.2) is 18.9 Å². The fraction of sp³-hybridized carbons (Fsp3) is 0.934. The van der Waals surface area contributed by atoms with Crippen LogP contribution in [0.5, 0.6) is 0 Å². The Morgan fingerprint density at radius 3 is 1.05 bits per heavy atom. The van der Waals surface area contributed by atoms with Crippen molar-refractivity contribution in [2.24, 2.45) is 0 Å². The van der Waals surface area contributed by atoms with E-state index in [1.807, 2.05) is 6.08 Å². The third-order valence-corrected chi connectivity index (χ3v) is 19.8. The van der Waals surface area contributed by atoms with Crippen LogP contribution in [0.25, 0.3) is 0 Å². The van der Waals surface area contributed by atoms with Gasteiger partial charge in [-0.25, -0.2) is 0 Å². The molecule has 560 valence electrons. The van der Waals surface area contributed by atoms with Gasteiger partial charge in [-0.15, -0.1) is 0 Å². The van der Waals surface area contributed by atoms with Crippen LogP contribution in [0.4, 0.5) is 0 Å². The fourth-order valence-electron chi connectivity index (χ4n) is 13.4. The van der Waals surface area contributed by atoms with E-state index in [1.54, 1.807) is 6.08 Å². The largest absolute Gasteiger partial charge is 0.394 e. The molecule has 3 saturated heterocycles. The highest BCUT2D eigenvalue weighted by Gasteiger charge is 2.53. The quantitative estimate of drug-likeness (QED) is 0.0199. The number of hydrogen-bond acceptors (Lipinski definition) is 18. The van der Waals surface area contributed by atoms with Gasteiger partial charge in [-0.05, 0) is 32.1 Å². The summed E-state index contributed by atoms with van der Waals surface area (Å²) in [6, 6.07) is -0.985. The van der Waals surface area contributed by atoms with E-state index in [0.29, 0.717) is 12.8 Å². The smallest absolute Gasteiger partial charge is 0.220 e. The number of carbonyl (C=O) groups excluding carboxylic acids is 1. The highest BCUT2D eigenvalue weighted by Crippen LogP contribution is 2.33. The number of allylic oxidation sites excluding steroid dienone is 3. The Morgan fingerprint density at radius 1 is 0.368 bits per heavy atom. The number of aliphatic hydroxyl groups excluding tert-OH is 11. The number of unbranched alkanes of at least 4 members (excludes halogenated alkanes) is 44. The van der Waals surface area contributed by atoms with Crippen LogP contribution in [0.15, 0.2) is 24.3 Å². The number of carbonyl (C=O) groups is 1. The Hall–Kier alpha value is -1.73. The summed E-state index contributed by atoms with van der Waals surface area (Å²) >= 11 is 0. The Bertz CT molecular complexity index is 1810. The first kappa shape index (κ1) is 87.5. The number of ether oxygens (including phenoxy) is 6. The van der Waals surface area contributed by atoms with Crippen molar-refractivity contribution in [1.82, 2.24) is 5.32 Å². The molecule has 0 spiro atoms. The molecule has 0 aromatic heterocycles. The molecule has 0 aromatic carbocycles. The van der Waals surface area contributed by atoms with E-state index in [0.717, 1.165) is 44.9 Å². The van der Waals surface area contributed by atoms with Crippen LogP contribution in [0.2, 0.25) is 0 Å². The van der Waals surface area contributed by atoms with Gasteiger partial charge in [-0.3, -0.25) is 4.79 Å². The van der Waals surface area contributed by atoms with Gasteiger partial charge < -0.3 is 89.9 Å². The summed E-state index contributed by atoms with van der Waals surface area (Å²) < 4.78 is 34.3. The molecule has 95 heavy (non-hydrogen) atoms. The molecule has 0 bridgehead atoms. The maximum absolute atomic E-state index is 13.4. The maximum Gasteiger partial charge on any atom is 0.220 e. The van der Waals surface area contributed by atoms with Gasteiger partial charge in [0.2, 0.25) is 5.91 Å². The highest BCUT2D eigenvalue weighted by molar-refractivity contribution is 5.76. The average molecular weight is 1360 g/mol. The summed E-state index contributed by atoms with van der Waals surface area (Å²) in [5.74, 6) is -0.282. The van der Waals surface area contributed by atoms with Gasteiger partial charge in [-0.1, -0.05) is 308 Å². The van der Waals surface area contributed by atoms with Crippen molar-refractivity contribution < 1.29 is 89.4 Å². The molecule has 1 amide bonds. The first-order valence-electron chi connectivity index (χ1n) is 39.1. The number of aliphatic hydroxyl groups is 11. The van der Waals surface area contributed by atoms with E-state index in [4.69, 9.17) is 28.4 Å². The van der Waals surface area contributed by atoms with Crippen molar-refractivity contribution in [3.05, 3.63) is 24.3 Å². The Balaban J connectivity index is 1.23. The Kier molecular flexibility index (Phi) is 53.3. The summed E-state index contributed by atoms with van der Waals surface area (Å²) in [6.45, 7) is 1.68. The van der Waals surface area contributed by atoms with Crippen LogP contribution in [0.3, 0.4) is 0 Å². The molecular formula is C76H143NO18. The molecule has 0 aliphatic carbocycles. The summed E-state index contributed by atoms with van der Waals surface area (Å²) in [7, 11) is 0. The summed E-state index contributed by atoms with van der Waals surface area (Å²) in [6.07, 6.45) is 42.6. The minimum atomic E-state index is -1.98. The van der Waals surface area contributed by atoms with Crippen LogP contribution in [-0.4, -0.2) is 193 Å². The predicted molar refractivity (Wildman–Crippen MR) is 374 cm³/mol. The number of nitrogens with one attached hydrogen (secondary N) is 1. The van der Waals surface area contributed by atoms with Crippen molar-refractivity contribution in [2.45, 2.75) is 426 Å². The summed E-state index contributed by atoms with van der Waals surface area (Å²) in [5.41, 5.74) is 0. The third kappa shape index (κ3) is 38.8. The normalized spacial score (nSPS) is 27.3. The molecule has 0 aromatic rings. The van der Waals surface area contributed by atoms with E-state index in [2.05, 4.69) is 31.3 Å². The second kappa shape index (κ2) is 57.8. The molecule has 0 radical (unpaired) electrons. The van der Waals surface area contributed by atoms with Gasteiger partial charge >= 0.3 is 0 Å². The lowest BCUT2D eigenvalue weighted by molar-refractivity contribution is -0.379. The van der Waals surface area contributed by atoms with Crippen molar-refractivity contribution >= 4 is 5.91 Å². The molecule has 17 atom stereocenters. The molecule has 3 fully saturated rings. The predicted octanol–water partition coefficient (Wildman–Crippen LogP) is 12.2. The van der Waals surface area contributed by atoms with Gasteiger partial charge in [0.1, 0.15) is 73.2 Å². The minimum Gasteiger partial charge on any atom is -0.394 e. The van der Waals surface area contributed by atoms with Crippen molar-refractivity contribution in [3.63, 3.8) is 0 Å². The Morgan fingerprint density at radius 2 is 0.674 bits per heavy atom. The summed E-state index contributed by atoms with van der Waals surface area (Å²) in [5, 5.41) is 120.